The lowest BCUT2D eigenvalue weighted by Crippen LogP contribution is -2.35. The van der Waals surface area contributed by atoms with Crippen LogP contribution in [0.25, 0.3) is 0 Å². The summed E-state index contributed by atoms with van der Waals surface area (Å²) in [6, 6.07) is 2.02. The number of nitrogens with one attached hydrogen (secondary N) is 1. The molecule has 4 heteroatoms. The summed E-state index contributed by atoms with van der Waals surface area (Å²) in [5, 5.41) is 3.47. The fourth-order valence-electron chi connectivity index (χ4n) is 2.24. The van der Waals surface area contributed by atoms with E-state index in [2.05, 4.69) is 26.1 Å². The Bertz CT molecular complexity index is 389. The fourth-order valence-corrected chi connectivity index (χ4v) is 2.24. The molecule has 2 heterocycles. The second-order valence-electron chi connectivity index (χ2n) is 6.54. The molecule has 1 aromatic rings. The molecule has 1 aromatic heterocycles. The Morgan fingerprint density at radius 3 is 2.75 bits per heavy atom. The summed E-state index contributed by atoms with van der Waals surface area (Å²) >= 11 is 0. The molecule has 2 rings (SSSR count). The predicted octanol–water partition coefficient (Wildman–Crippen LogP) is 3.11. The highest BCUT2D eigenvalue weighted by Gasteiger charge is 2.15. The van der Waals surface area contributed by atoms with E-state index in [0.717, 1.165) is 45.0 Å². The van der Waals surface area contributed by atoms with Gasteiger partial charge in [-0.3, -0.25) is 0 Å². The van der Waals surface area contributed by atoms with Gasteiger partial charge in [0, 0.05) is 30.9 Å². The molecule has 0 atom stereocenters. The second-order valence-corrected chi connectivity index (χ2v) is 6.54. The van der Waals surface area contributed by atoms with Crippen LogP contribution in [0.2, 0.25) is 0 Å². The third kappa shape index (κ3) is 5.27. The van der Waals surface area contributed by atoms with Crippen LogP contribution in [0.4, 0.5) is 0 Å². The zero-order valence-corrected chi connectivity index (χ0v) is 12.9. The van der Waals surface area contributed by atoms with Gasteiger partial charge in [-0.15, -0.1) is 0 Å². The molecular weight excluding hydrogens is 254 g/mol. The number of ether oxygens (including phenoxy) is 2. The molecule has 0 unspecified atom stereocenters. The molecule has 0 aliphatic carbocycles. The van der Waals surface area contributed by atoms with E-state index in [-0.39, 0.29) is 5.54 Å². The van der Waals surface area contributed by atoms with Crippen LogP contribution in [0.1, 0.15) is 44.9 Å². The standard InChI is InChI=1S/C16H27NO3/c1-16(2,3)17-10-14-6-9-20-15(14)12-19-11-13-4-7-18-8-5-13/h6,9,13,17H,4-5,7-8,10-12H2,1-3H3. The van der Waals surface area contributed by atoms with Gasteiger partial charge in [-0.25, -0.2) is 0 Å². The summed E-state index contributed by atoms with van der Waals surface area (Å²) in [7, 11) is 0. The van der Waals surface area contributed by atoms with Gasteiger partial charge in [0.2, 0.25) is 0 Å². The molecule has 1 fully saturated rings. The van der Waals surface area contributed by atoms with Crippen LogP contribution in [-0.4, -0.2) is 25.4 Å². The Labute approximate surface area is 121 Å². The minimum atomic E-state index is 0.109. The zero-order chi connectivity index (χ0) is 14.4. The molecule has 4 nitrogen and oxygen atoms in total. The number of hydrogen-bond acceptors (Lipinski definition) is 4. The van der Waals surface area contributed by atoms with Gasteiger partial charge in [0.25, 0.3) is 0 Å². The SMILES string of the molecule is CC(C)(C)NCc1ccoc1COCC1CCOCC1. The lowest BCUT2D eigenvalue weighted by molar-refractivity contribution is 0.0117. The van der Waals surface area contributed by atoms with Gasteiger partial charge in [0.05, 0.1) is 12.9 Å². The van der Waals surface area contributed by atoms with Crippen molar-refractivity contribution in [2.45, 2.75) is 52.3 Å². The molecule has 0 aromatic carbocycles. The normalized spacial score (nSPS) is 17.6. The van der Waals surface area contributed by atoms with Crippen LogP contribution in [0.5, 0.6) is 0 Å². The van der Waals surface area contributed by atoms with Crippen molar-refractivity contribution in [2.75, 3.05) is 19.8 Å². The predicted molar refractivity (Wildman–Crippen MR) is 78.5 cm³/mol. The van der Waals surface area contributed by atoms with Gasteiger partial charge in [0.15, 0.2) is 0 Å². The van der Waals surface area contributed by atoms with Crippen molar-refractivity contribution in [1.29, 1.82) is 0 Å². The lowest BCUT2D eigenvalue weighted by atomic mass is 10.0. The van der Waals surface area contributed by atoms with E-state index in [9.17, 15) is 0 Å². The van der Waals surface area contributed by atoms with E-state index in [1.807, 2.05) is 6.07 Å². The van der Waals surface area contributed by atoms with Crippen LogP contribution in [-0.2, 0) is 22.6 Å². The van der Waals surface area contributed by atoms with E-state index < -0.39 is 0 Å². The van der Waals surface area contributed by atoms with Crippen LogP contribution in [0.15, 0.2) is 16.7 Å². The molecule has 1 aliphatic rings. The topological polar surface area (TPSA) is 43.6 Å². The summed E-state index contributed by atoms with van der Waals surface area (Å²) in [6.45, 7) is 10.4. The van der Waals surface area contributed by atoms with Gasteiger partial charge >= 0.3 is 0 Å². The monoisotopic (exact) mass is 281 g/mol. The largest absolute Gasteiger partial charge is 0.467 e. The van der Waals surface area contributed by atoms with Crippen LogP contribution in [0.3, 0.4) is 0 Å². The molecule has 114 valence electrons. The molecule has 1 saturated heterocycles. The van der Waals surface area contributed by atoms with Crippen molar-refractivity contribution in [1.82, 2.24) is 5.32 Å². The average Bonchev–Trinajstić information content (AvgIpc) is 2.84. The highest BCUT2D eigenvalue weighted by molar-refractivity contribution is 5.16. The molecule has 0 amide bonds. The Morgan fingerprint density at radius 2 is 2.05 bits per heavy atom. The van der Waals surface area contributed by atoms with Crippen LogP contribution in [0, 0.1) is 5.92 Å². The molecule has 1 N–H and O–H groups in total. The summed E-state index contributed by atoms with van der Waals surface area (Å²) in [5.41, 5.74) is 1.30. The molecule has 0 radical (unpaired) electrons. The fraction of sp³-hybridized carbons (Fsp3) is 0.750. The molecule has 0 spiro atoms. The summed E-state index contributed by atoms with van der Waals surface area (Å²) in [4.78, 5) is 0. The first-order valence-electron chi connectivity index (χ1n) is 7.50. The first-order chi connectivity index (χ1) is 9.54. The van der Waals surface area contributed by atoms with Crippen molar-refractivity contribution >= 4 is 0 Å². The zero-order valence-electron chi connectivity index (χ0n) is 12.9. The van der Waals surface area contributed by atoms with E-state index in [0.29, 0.717) is 12.5 Å². The maximum absolute atomic E-state index is 5.81. The van der Waals surface area contributed by atoms with Crippen molar-refractivity contribution in [3.8, 4) is 0 Å². The van der Waals surface area contributed by atoms with Crippen molar-refractivity contribution in [3.05, 3.63) is 23.7 Å². The molecule has 1 aliphatic heterocycles. The summed E-state index contributed by atoms with van der Waals surface area (Å²) < 4.78 is 16.7. The number of rotatable bonds is 6. The molecular formula is C16H27NO3. The third-order valence-corrected chi connectivity index (χ3v) is 3.57. The second kappa shape index (κ2) is 7.25. The molecule has 0 saturated carbocycles. The highest BCUT2D eigenvalue weighted by Crippen LogP contribution is 2.17. The smallest absolute Gasteiger partial charge is 0.133 e. The molecule has 20 heavy (non-hydrogen) atoms. The van der Waals surface area contributed by atoms with Crippen LogP contribution < -0.4 is 5.32 Å². The third-order valence-electron chi connectivity index (χ3n) is 3.57. The Hall–Kier alpha value is -0.840. The van der Waals surface area contributed by atoms with E-state index >= 15 is 0 Å². The van der Waals surface area contributed by atoms with Gasteiger partial charge < -0.3 is 19.2 Å². The average molecular weight is 281 g/mol. The lowest BCUT2D eigenvalue weighted by Gasteiger charge is -2.22. The van der Waals surface area contributed by atoms with Crippen molar-refractivity contribution in [2.24, 2.45) is 5.92 Å². The van der Waals surface area contributed by atoms with Gasteiger partial charge in [-0.05, 0) is 45.6 Å². The van der Waals surface area contributed by atoms with E-state index in [4.69, 9.17) is 13.9 Å². The highest BCUT2D eigenvalue weighted by atomic mass is 16.5. The van der Waals surface area contributed by atoms with Gasteiger partial charge in [0.1, 0.15) is 12.4 Å². The molecule has 0 bridgehead atoms. The minimum absolute atomic E-state index is 0.109. The maximum Gasteiger partial charge on any atom is 0.133 e. The Morgan fingerprint density at radius 1 is 1.30 bits per heavy atom. The van der Waals surface area contributed by atoms with E-state index in [1.165, 1.54) is 5.56 Å². The van der Waals surface area contributed by atoms with Crippen molar-refractivity contribution in [3.63, 3.8) is 0 Å². The van der Waals surface area contributed by atoms with Gasteiger partial charge in [-0.2, -0.15) is 0 Å². The summed E-state index contributed by atoms with van der Waals surface area (Å²) in [6.07, 6.45) is 3.96. The van der Waals surface area contributed by atoms with E-state index in [1.54, 1.807) is 6.26 Å². The van der Waals surface area contributed by atoms with Crippen molar-refractivity contribution < 1.29 is 13.9 Å². The Kier molecular flexibility index (Phi) is 5.64. The summed E-state index contributed by atoms with van der Waals surface area (Å²) in [5.74, 6) is 1.57. The maximum atomic E-state index is 5.81. The first-order valence-corrected chi connectivity index (χ1v) is 7.50. The number of furan rings is 1. The quantitative estimate of drug-likeness (QED) is 0.870. The Balaban J connectivity index is 1.74. The minimum Gasteiger partial charge on any atom is -0.467 e. The van der Waals surface area contributed by atoms with Crippen LogP contribution >= 0.6 is 0 Å². The number of hydrogen-bond donors (Lipinski definition) is 1. The van der Waals surface area contributed by atoms with Gasteiger partial charge in [-0.1, -0.05) is 0 Å². The first kappa shape index (κ1) is 15.5.